The van der Waals surface area contributed by atoms with Crippen LogP contribution >= 0.6 is 11.6 Å². The maximum Gasteiger partial charge on any atom is 0.242 e. The van der Waals surface area contributed by atoms with E-state index in [1.165, 1.54) is 0 Å². The topological polar surface area (TPSA) is 56.0 Å². The number of benzene rings is 1. The van der Waals surface area contributed by atoms with E-state index in [1.807, 2.05) is 25.1 Å². The molecule has 0 spiro atoms. The van der Waals surface area contributed by atoms with Gasteiger partial charge in [-0.05, 0) is 31.5 Å². The Morgan fingerprint density at radius 3 is 2.89 bits per heavy atom. The van der Waals surface area contributed by atoms with Crippen molar-refractivity contribution in [1.29, 1.82) is 0 Å². The summed E-state index contributed by atoms with van der Waals surface area (Å²) in [7, 11) is -1.12. The Labute approximate surface area is 113 Å². The first-order chi connectivity index (χ1) is 8.56. The Hall–Kier alpha value is -1.20. The molecule has 96 valence electrons. The van der Waals surface area contributed by atoms with E-state index < -0.39 is 10.8 Å². The van der Waals surface area contributed by atoms with Gasteiger partial charge in [-0.15, -0.1) is 0 Å². The predicted octanol–water partition coefficient (Wildman–Crippen LogP) is 3.04. The minimum absolute atomic E-state index is 0.287. The summed E-state index contributed by atoms with van der Waals surface area (Å²) in [5, 5.41) is 4.06. The summed E-state index contributed by atoms with van der Waals surface area (Å²) in [6.07, 6.45) is 0. The normalized spacial score (nSPS) is 14.4. The van der Waals surface area contributed by atoms with Gasteiger partial charge in [0.1, 0.15) is 5.25 Å². The van der Waals surface area contributed by atoms with Crippen molar-refractivity contribution >= 4 is 22.4 Å². The fourth-order valence-electron chi connectivity index (χ4n) is 1.51. The lowest BCUT2D eigenvalue weighted by Gasteiger charge is -2.07. The van der Waals surface area contributed by atoms with Crippen LogP contribution in [0.5, 0.6) is 0 Å². The van der Waals surface area contributed by atoms with E-state index in [1.54, 1.807) is 13.0 Å². The Balaban J connectivity index is 2.08. The summed E-state index contributed by atoms with van der Waals surface area (Å²) in [5.74, 6) is 1.38. The molecule has 0 N–H and O–H groups in total. The number of nitrogens with zero attached hydrogens (tertiary/aromatic N) is 2. The van der Waals surface area contributed by atoms with Crippen molar-refractivity contribution in [2.24, 2.45) is 0 Å². The summed E-state index contributed by atoms with van der Waals surface area (Å²) < 4.78 is 17.2. The molecular formula is C12H13ClN2O2S. The average molecular weight is 285 g/mol. The van der Waals surface area contributed by atoms with Crippen molar-refractivity contribution in [1.82, 2.24) is 10.1 Å². The highest BCUT2D eigenvalue weighted by Crippen LogP contribution is 2.21. The monoisotopic (exact) mass is 284 g/mol. The molecule has 0 unspecified atom stereocenters. The summed E-state index contributed by atoms with van der Waals surface area (Å²) in [6.45, 7) is 3.55. The van der Waals surface area contributed by atoms with Gasteiger partial charge in [0.05, 0.1) is 0 Å². The predicted molar refractivity (Wildman–Crippen MR) is 70.7 cm³/mol. The zero-order valence-corrected chi connectivity index (χ0v) is 11.7. The fraction of sp³-hybridized carbons (Fsp3) is 0.333. The molecule has 1 heterocycles. The van der Waals surface area contributed by atoms with Gasteiger partial charge in [-0.25, -0.2) is 0 Å². The third kappa shape index (κ3) is 3.17. The summed E-state index contributed by atoms with van der Waals surface area (Å²) in [5.41, 5.74) is 0.934. The number of hydrogen-bond donors (Lipinski definition) is 0. The van der Waals surface area contributed by atoms with Gasteiger partial charge >= 0.3 is 0 Å². The molecule has 2 aromatic rings. The zero-order valence-electron chi connectivity index (χ0n) is 10.1. The molecule has 0 amide bonds. The van der Waals surface area contributed by atoms with Gasteiger partial charge in [0.25, 0.3) is 0 Å². The Kier molecular flexibility index (Phi) is 4.14. The molecular weight excluding hydrogens is 272 g/mol. The van der Waals surface area contributed by atoms with Gasteiger partial charge in [-0.2, -0.15) is 4.98 Å². The van der Waals surface area contributed by atoms with Crippen molar-refractivity contribution in [2.45, 2.75) is 24.9 Å². The molecule has 0 aliphatic rings. The molecule has 6 heteroatoms. The fourth-order valence-corrected chi connectivity index (χ4v) is 2.80. The van der Waals surface area contributed by atoms with Gasteiger partial charge in [-0.1, -0.05) is 28.9 Å². The lowest BCUT2D eigenvalue weighted by atomic mass is 10.2. The third-order valence-corrected chi connectivity index (χ3v) is 4.33. The summed E-state index contributed by atoms with van der Waals surface area (Å²) in [6, 6.07) is 7.34. The number of aryl methyl sites for hydroxylation is 1. The number of rotatable bonds is 4. The molecule has 4 nitrogen and oxygen atoms in total. The molecule has 18 heavy (non-hydrogen) atoms. The van der Waals surface area contributed by atoms with Gasteiger partial charge in [0.15, 0.2) is 5.82 Å². The minimum atomic E-state index is -1.12. The second-order valence-electron chi connectivity index (χ2n) is 3.98. The van der Waals surface area contributed by atoms with Crippen LogP contribution in [0.1, 0.15) is 29.5 Å². The highest BCUT2D eigenvalue weighted by atomic mass is 35.5. The largest absolute Gasteiger partial charge is 0.338 e. The SMILES string of the molecule is Cc1noc([C@@H](C)[S@](=O)Cc2cccc(Cl)c2)n1. The summed E-state index contributed by atoms with van der Waals surface area (Å²) >= 11 is 5.89. The Bertz CT molecular complexity index is 571. The Morgan fingerprint density at radius 2 is 2.28 bits per heavy atom. The molecule has 2 rings (SSSR count). The van der Waals surface area contributed by atoms with Gasteiger partial charge < -0.3 is 4.52 Å². The molecule has 0 fully saturated rings. The van der Waals surface area contributed by atoms with E-state index in [9.17, 15) is 4.21 Å². The maximum absolute atomic E-state index is 12.2. The Morgan fingerprint density at radius 1 is 1.50 bits per heavy atom. The second-order valence-corrected chi connectivity index (χ2v) is 6.17. The van der Waals surface area contributed by atoms with Crippen LogP contribution in [-0.2, 0) is 16.6 Å². The van der Waals surface area contributed by atoms with Crippen molar-refractivity contribution in [3.63, 3.8) is 0 Å². The van der Waals surface area contributed by atoms with Gasteiger partial charge in [-0.3, -0.25) is 4.21 Å². The average Bonchev–Trinajstić information content (AvgIpc) is 2.75. The molecule has 2 atom stereocenters. The molecule has 0 aliphatic carbocycles. The third-order valence-electron chi connectivity index (χ3n) is 2.48. The highest BCUT2D eigenvalue weighted by Gasteiger charge is 2.19. The summed E-state index contributed by atoms with van der Waals surface area (Å²) in [4.78, 5) is 4.09. The van der Waals surface area contributed by atoms with Crippen LogP contribution in [0.25, 0.3) is 0 Å². The van der Waals surface area contributed by atoms with Gasteiger partial charge in [0, 0.05) is 21.6 Å². The van der Waals surface area contributed by atoms with Gasteiger partial charge in [0.2, 0.25) is 5.89 Å². The lowest BCUT2D eigenvalue weighted by Crippen LogP contribution is -2.05. The first kappa shape index (κ1) is 13.2. The van der Waals surface area contributed by atoms with E-state index >= 15 is 0 Å². The van der Waals surface area contributed by atoms with E-state index in [0.717, 1.165) is 5.56 Å². The second kappa shape index (κ2) is 5.63. The number of aromatic nitrogens is 2. The first-order valence-corrected chi connectivity index (χ1v) is 7.24. The van der Waals surface area contributed by atoms with E-state index in [4.69, 9.17) is 16.1 Å². The molecule has 0 saturated heterocycles. The van der Waals surface area contributed by atoms with Crippen LogP contribution < -0.4 is 0 Å². The molecule has 0 saturated carbocycles. The minimum Gasteiger partial charge on any atom is -0.338 e. The van der Waals surface area contributed by atoms with Crippen LogP contribution in [0.4, 0.5) is 0 Å². The number of halogens is 1. The van der Waals surface area contributed by atoms with Crippen LogP contribution in [0.15, 0.2) is 28.8 Å². The van der Waals surface area contributed by atoms with E-state index in [-0.39, 0.29) is 5.25 Å². The van der Waals surface area contributed by atoms with Crippen molar-refractivity contribution in [3.8, 4) is 0 Å². The smallest absolute Gasteiger partial charge is 0.242 e. The van der Waals surface area contributed by atoms with Crippen LogP contribution in [-0.4, -0.2) is 14.3 Å². The van der Waals surface area contributed by atoms with Crippen LogP contribution in [0, 0.1) is 6.92 Å². The van der Waals surface area contributed by atoms with Crippen molar-refractivity contribution < 1.29 is 8.73 Å². The maximum atomic E-state index is 12.2. The molecule has 1 aromatic heterocycles. The van der Waals surface area contributed by atoms with Crippen molar-refractivity contribution in [3.05, 3.63) is 46.6 Å². The lowest BCUT2D eigenvalue weighted by molar-refractivity contribution is 0.375. The highest BCUT2D eigenvalue weighted by molar-refractivity contribution is 7.84. The van der Waals surface area contributed by atoms with Crippen LogP contribution in [0.2, 0.25) is 5.02 Å². The van der Waals surface area contributed by atoms with E-state index in [2.05, 4.69) is 10.1 Å². The first-order valence-electron chi connectivity index (χ1n) is 5.48. The quantitative estimate of drug-likeness (QED) is 0.866. The van der Waals surface area contributed by atoms with Crippen LogP contribution in [0.3, 0.4) is 0 Å². The molecule has 1 aromatic carbocycles. The molecule has 0 bridgehead atoms. The number of hydrogen-bond acceptors (Lipinski definition) is 4. The molecule has 0 radical (unpaired) electrons. The van der Waals surface area contributed by atoms with E-state index in [0.29, 0.717) is 22.5 Å². The molecule has 0 aliphatic heterocycles. The van der Waals surface area contributed by atoms with Crippen molar-refractivity contribution in [2.75, 3.05) is 0 Å². The standard InChI is InChI=1S/C12H13ClN2O2S/c1-8(12-14-9(2)15-17-12)18(16)7-10-4-3-5-11(13)6-10/h3-6,8H,7H2,1-2H3/t8-,18-/m1/s1. The zero-order chi connectivity index (χ0) is 13.1.